The molecule has 2 aromatic heterocycles. The van der Waals surface area contributed by atoms with Gasteiger partial charge < -0.3 is 20.2 Å². The van der Waals surface area contributed by atoms with Crippen LogP contribution in [0.4, 0.5) is 10.4 Å². The van der Waals surface area contributed by atoms with Crippen LogP contribution in [0.2, 0.25) is 0 Å². The molecule has 0 bridgehead atoms. The summed E-state index contributed by atoms with van der Waals surface area (Å²) in [6.45, 7) is 0.346. The molecular weight excluding hydrogens is 401 g/mol. The molecule has 5 rings (SSSR count). The molecule has 156 valence electrons. The lowest BCUT2D eigenvalue weighted by atomic mass is 9.93. The van der Waals surface area contributed by atoms with Crippen molar-refractivity contribution in [2.45, 2.75) is 19.4 Å². The van der Waals surface area contributed by atoms with Gasteiger partial charge in [0, 0.05) is 25.2 Å². The number of hydrogen-bond donors (Lipinski definition) is 2. The molecule has 1 aliphatic heterocycles. The highest BCUT2D eigenvalue weighted by atomic mass is 19.1. The minimum Gasteiger partial charge on any atom is -0.505 e. The van der Waals surface area contributed by atoms with Crippen LogP contribution in [0.25, 0.3) is 10.9 Å². The largest absolute Gasteiger partial charge is 0.505 e. The van der Waals surface area contributed by atoms with Crippen molar-refractivity contribution in [3.63, 3.8) is 0 Å². The highest BCUT2D eigenvalue weighted by Crippen LogP contribution is 2.40. The molecule has 8 nitrogen and oxygen atoms in total. The van der Waals surface area contributed by atoms with E-state index in [9.17, 15) is 14.3 Å². The summed E-state index contributed by atoms with van der Waals surface area (Å²) in [6, 6.07) is 8.14. The molecule has 0 saturated heterocycles. The van der Waals surface area contributed by atoms with E-state index in [0.717, 1.165) is 16.7 Å². The number of anilines is 1. The summed E-state index contributed by atoms with van der Waals surface area (Å²) in [5.74, 6) is -0.396. The predicted molar refractivity (Wildman–Crippen MR) is 110 cm³/mol. The first-order valence-electron chi connectivity index (χ1n) is 9.63. The smallest absolute Gasteiger partial charge is 0.312 e. The van der Waals surface area contributed by atoms with Gasteiger partial charge in [0.05, 0.1) is 12.0 Å². The predicted octanol–water partition coefficient (Wildman–Crippen LogP) is 2.81. The molecule has 1 aliphatic rings. The van der Waals surface area contributed by atoms with Crippen LogP contribution < -0.4 is 5.73 Å². The molecule has 0 unspecified atom stereocenters. The fraction of sp³-hybridized carbons (Fsp3) is 0.182. The number of phenolic OH excluding ortho intramolecular Hbond substituents is 1. The van der Waals surface area contributed by atoms with Gasteiger partial charge in [-0.3, -0.25) is 9.78 Å². The number of nitrogens with two attached hydrogens (primary N) is 1. The Morgan fingerprint density at radius 1 is 1.19 bits per heavy atom. The van der Waals surface area contributed by atoms with E-state index in [1.807, 2.05) is 6.07 Å². The van der Waals surface area contributed by atoms with Gasteiger partial charge in [0.1, 0.15) is 11.3 Å². The second-order valence-corrected chi connectivity index (χ2v) is 7.60. The van der Waals surface area contributed by atoms with E-state index in [2.05, 4.69) is 15.2 Å². The lowest BCUT2D eigenvalue weighted by molar-refractivity contribution is 0.0814. The zero-order chi connectivity index (χ0) is 21.7. The van der Waals surface area contributed by atoms with E-state index in [1.54, 1.807) is 25.4 Å². The van der Waals surface area contributed by atoms with Crippen molar-refractivity contribution in [1.82, 2.24) is 20.1 Å². The van der Waals surface area contributed by atoms with Gasteiger partial charge in [-0.25, -0.2) is 4.39 Å². The van der Waals surface area contributed by atoms with Gasteiger partial charge in [-0.1, -0.05) is 17.2 Å². The summed E-state index contributed by atoms with van der Waals surface area (Å²) < 4.78 is 18.6. The number of nitrogen functional groups attached to an aromatic ring is 1. The zero-order valence-electron chi connectivity index (χ0n) is 16.6. The lowest BCUT2D eigenvalue weighted by Gasteiger charge is -2.13. The summed E-state index contributed by atoms with van der Waals surface area (Å²) in [4.78, 5) is 18.6. The number of carbonyl (C=O) groups excluding carboxylic acids is 1. The van der Waals surface area contributed by atoms with Crippen molar-refractivity contribution in [2.24, 2.45) is 0 Å². The number of aromatic hydroxyl groups is 1. The Labute approximate surface area is 176 Å². The highest BCUT2D eigenvalue weighted by molar-refractivity contribution is 6.07. The number of phenols is 1. The first kappa shape index (κ1) is 19.0. The summed E-state index contributed by atoms with van der Waals surface area (Å²) >= 11 is 0. The first-order chi connectivity index (χ1) is 14.9. The lowest BCUT2D eigenvalue weighted by Crippen LogP contribution is -2.17. The average Bonchev–Trinajstić information content (AvgIpc) is 3.29. The van der Waals surface area contributed by atoms with Gasteiger partial charge in [-0.2, -0.15) is 0 Å². The van der Waals surface area contributed by atoms with E-state index < -0.39 is 0 Å². The third-order valence-electron chi connectivity index (χ3n) is 5.48. The fourth-order valence-corrected chi connectivity index (χ4v) is 4.03. The number of nitrogens with zero attached hydrogens (tertiary/aromatic N) is 4. The summed E-state index contributed by atoms with van der Waals surface area (Å²) in [5, 5.41) is 19.2. The maximum atomic E-state index is 13.2. The third-order valence-corrected chi connectivity index (χ3v) is 5.48. The molecule has 1 amide bonds. The number of halogens is 1. The van der Waals surface area contributed by atoms with E-state index in [0.29, 0.717) is 35.3 Å². The molecule has 0 aliphatic carbocycles. The van der Waals surface area contributed by atoms with Crippen LogP contribution in [0.1, 0.15) is 38.5 Å². The Morgan fingerprint density at radius 3 is 2.68 bits per heavy atom. The maximum Gasteiger partial charge on any atom is 0.312 e. The number of fused-ring (bicyclic) bond motifs is 2. The summed E-state index contributed by atoms with van der Waals surface area (Å²) in [6.07, 6.45) is 2.42. The SMILES string of the molecule is CN1Cc2c(c(O)c3ncc(Cc4ccc(F)cc4)cc3c2Cc2nnc(N)o2)C1=O. The topological polar surface area (TPSA) is 118 Å². The van der Waals surface area contributed by atoms with Crippen molar-refractivity contribution in [2.75, 3.05) is 12.8 Å². The van der Waals surface area contributed by atoms with Crippen molar-refractivity contribution in [1.29, 1.82) is 0 Å². The van der Waals surface area contributed by atoms with Crippen LogP contribution in [0.15, 0.2) is 40.9 Å². The summed E-state index contributed by atoms with van der Waals surface area (Å²) in [5.41, 5.74) is 9.42. The van der Waals surface area contributed by atoms with Gasteiger partial charge in [0.2, 0.25) is 5.89 Å². The van der Waals surface area contributed by atoms with Crippen LogP contribution in [0, 0.1) is 5.82 Å². The quantitative estimate of drug-likeness (QED) is 0.522. The van der Waals surface area contributed by atoms with Crippen LogP contribution in [-0.2, 0) is 19.4 Å². The highest BCUT2D eigenvalue weighted by Gasteiger charge is 2.33. The van der Waals surface area contributed by atoms with Gasteiger partial charge in [-0.05, 0) is 46.9 Å². The second-order valence-electron chi connectivity index (χ2n) is 7.60. The fourth-order valence-electron chi connectivity index (χ4n) is 4.03. The number of rotatable bonds is 4. The minimum absolute atomic E-state index is 0.0435. The Morgan fingerprint density at radius 2 is 1.97 bits per heavy atom. The monoisotopic (exact) mass is 419 g/mol. The van der Waals surface area contributed by atoms with Crippen LogP contribution in [-0.4, -0.2) is 38.1 Å². The molecule has 0 spiro atoms. The molecule has 31 heavy (non-hydrogen) atoms. The second kappa shape index (κ2) is 7.05. The molecule has 0 atom stereocenters. The molecule has 3 heterocycles. The Balaban J connectivity index is 1.68. The molecule has 2 aromatic carbocycles. The number of benzene rings is 2. The molecule has 4 aromatic rings. The standard InChI is InChI=1S/C22H18FN5O3/c1-28-10-16-14(8-17-26-27-22(24)31-17)15-7-12(6-11-2-4-13(23)5-3-11)9-25-19(15)20(29)18(16)21(28)30/h2-5,7,9,29H,6,8,10H2,1H3,(H2,24,27). The van der Waals surface area contributed by atoms with E-state index >= 15 is 0 Å². The summed E-state index contributed by atoms with van der Waals surface area (Å²) in [7, 11) is 1.67. The van der Waals surface area contributed by atoms with Gasteiger partial charge in [-0.15, -0.1) is 5.10 Å². The molecular formula is C22H18FN5O3. The Hall–Kier alpha value is -4.01. The van der Waals surface area contributed by atoms with Crippen molar-refractivity contribution in [3.8, 4) is 5.75 Å². The van der Waals surface area contributed by atoms with E-state index in [1.165, 1.54) is 17.0 Å². The first-order valence-corrected chi connectivity index (χ1v) is 9.63. The molecule has 0 saturated carbocycles. The molecule has 0 radical (unpaired) electrons. The van der Waals surface area contributed by atoms with E-state index in [-0.39, 0.29) is 35.5 Å². The number of pyridine rings is 1. The van der Waals surface area contributed by atoms with Gasteiger partial charge >= 0.3 is 6.01 Å². The zero-order valence-corrected chi connectivity index (χ0v) is 16.6. The van der Waals surface area contributed by atoms with Crippen LogP contribution >= 0.6 is 0 Å². The number of aromatic nitrogens is 3. The Bertz CT molecular complexity index is 1330. The van der Waals surface area contributed by atoms with Crippen LogP contribution in [0.3, 0.4) is 0 Å². The van der Waals surface area contributed by atoms with Crippen LogP contribution in [0.5, 0.6) is 5.75 Å². The molecule has 3 N–H and O–H groups in total. The van der Waals surface area contributed by atoms with Gasteiger partial charge in [0.15, 0.2) is 5.75 Å². The maximum absolute atomic E-state index is 13.2. The minimum atomic E-state index is -0.296. The number of hydrogen-bond acceptors (Lipinski definition) is 7. The molecule has 9 heteroatoms. The van der Waals surface area contributed by atoms with Crippen molar-refractivity contribution >= 4 is 22.8 Å². The molecule has 0 fully saturated rings. The number of carbonyl (C=O) groups is 1. The van der Waals surface area contributed by atoms with Crippen molar-refractivity contribution < 1.29 is 18.7 Å². The van der Waals surface area contributed by atoms with Crippen molar-refractivity contribution in [3.05, 3.63) is 76.1 Å². The van der Waals surface area contributed by atoms with E-state index in [4.69, 9.17) is 10.2 Å². The average molecular weight is 419 g/mol. The number of amides is 1. The normalized spacial score (nSPS) is 13.2. The van der Waals surface area contributed by atoms with Gasteiger partial charge in [0.25, 0.3) is 5.91 Å². The third kappa shape index (κ3) is 3.24. The Kier molecular flexibility index (Phi) is 4.32.